The third-order valence-corrected chi connectivity index (χ3v) is 5.21. The Hall–Kier alpha value is -0.0900. The van der Waals surface area contributed by atoms with Crippen molar-refractivity contribution in [1.82, 2.24) is 4.90 Å². The van der Waals surface area contributed by atoms with Crippen LogP contribution in [0.4, 0.5) is 0 Å². The topological polar surface area (TPSA) is 29.5 Å². The molecule has 0 aromatic heterocycles. The van der Waals surface area contributed by atoms with Crippen LogP contribution in [0.15, 0.2) is 0 Å². The predicted octanol–water partition coefficient (Wildman–Crippen LogP) is 3.36. The number of alkyl halides is 1. The van der Waals surface area contributed by atoms with Gasteiger partial charge >= 0.3 is 0 Å². The third kappa shape index (κ3) is 4.45. The summed E-state index contributed by atoms with van der Waals surface area (Å²) in [7, 11) is 0. The molecule has 19 heavy (non-hydrogen) atoms. The maximum absolute atomic E-state index is 12.4. The Balaban J connectivity index is 1.77. The van der Waals surface area contributed by atoms with Crippen LogP contribution in [0.25, 0.3) is 0 Å². The van der Waals surface area contributed by atoms with Gasteiger partial charge in [-0.3, -0.25) is 4.79 Å². The Morgan fingerprint density at radius 2 is 2.05 bits per heavy atom. The summed E-state index contributed by atoms with van der Waals surface area (Å²) in [5, 5.41) is 0.812. The monoisotopic (exact) mass is 331 g/mol. The molecule has 1 saturated heterocycles. The number of rotatable bonds is 4. The number of amides is 1. The number of morpholine rings is 1. The molecule has 2 atom stereocenters. The first-order chi connectivity index (χ1) is 9.20. The summed E-state index contributed by atoms with van der Waals surface area (Å²) in [6, 6.07) is 0.231. The molecule has 2 rings (SSSR count). The van der Waals surface area contributed by atoms with Crippen molar-refractivity contribution in [1.29, 1.82) is 0 Å². The van der Waals surface area contributed by atoms with Gasteiger partial charge in [0.2, 0.25) is 5.91 Å². The number of carbonyl (C=O) groups excluding carboxylic acids is 1. The molecule has 1 amide bonds. The normalized spacial score (nSPS) is 29.5. The van der Waals surface area contributed by atoms with Crippen LogP contribution < -0.4 is 0 Å². The van der Waals surface area contributed by atoms with Crippen LogP contribution in [-0.2, 0) is 9.53 Å². The van der Waals surface area contributed by atoms with Crippen molar-refractivity contribution in [2.45, 2.75) is 64.0 Å². The van der Waals surface area contributed by atoms with Crippen molar-refractivity contribution in [3.05, 3.63) is 0 Å². The lowest BCUT2D eigenvalue weighted by atomic mass is 9.86. The van der Waals surface area contributed by atoms with Gasteiger partial charge in [-0.2, -0.15) is 0 Å². The highest BCUT2D eigenvalue weighted by Crippen LogP contribution is 2.28. The minimum Gasteiger partial charge on any atom is -0.373 e. The lowest BCUT2D eigenvalue weighted by Gasteiger charge is -2.38. The van der Waals surface area contributed by atoms with Gasteiger partial charge in [0.1, 0.15) is 0 Å². The molecular weight excluding hydrogens is 306 g/mol. The van der Waals surface area contributed by atoms with Crippen molar-refractivity contribution >= 4 is 21.8 Å². The van der Waals surface area contributed by atoms with Gasteiger partial charge < -0.3 is 9.64 Å². The van der Waals surface area contributed by atoms with Gasteiger partial charge in [0.05, 0.1) is 18.8 Å². The maximum atomic E-state index is 12.4. The molecule has 1 aliphatic carbocycles. The lowest BCUT2D eigenvalue weighted by Crippen LogP contribution is -2.51. The van der Waals surface area contributed by atoms with E-state index in [1.54, 1.807) is 0 Å². The Labute approximate surface area is 125 Å². The first-order valence-corrected chi connectivity index (χ1v) is 8.80. The van der Waals surface area contributed by atoms with Gasteiger partial charge in [-0.05, 0) is 19.3 Å². The minimum absolute atomic E-state index is 0.162. The summed E-state index contributed by atoms with van der Waals surface area (Å²) in [5.74, 6) is 1.12. The van der Waals surface area contributed by atoms with Crippen LogP contribution in [0.1, 0.15) is 51.9 Å². The van der Waals surface area contributed by atoms with Crippen LogP contribution >= 0.6 is 15.9 Å². The van der Waals surface area contributed by atoms with E-state index < -0.39 is 0 Å². The number of hydrogen-bond donors (Lipinski definition) is 0. The summed E-state index contributed by atoms with van der Waals surface area (Å²) >= 11 is 3.45. The van der Waals surface area contributed by atoms with E-state index in [2.05, 4.69) is 22.9 Å². The number of ether oxygens (including phenoxy) is 1. The van der Waals surface area contributed by atoms with Crippen molar-refractivity contribution in [3.63, 3.8) is 0 Å². The highest BCUT2D eigenvalue weighted by molar-refractivity contribution is 9.09. The molecule has 1 aliphatic heterocycles. The molecule has 3 nitrogen and oxygen atoms in total. The van der Waals surface area contributed by atoms with Crippen LogP contribution in [-0.4, -0.2) is 41.4 Å². The number of halogens is 1. The molecule has 0 aromatic carbocycles. The van der Waals surface area contributed by atoms with Crippen molar-refractivity contribution in [2.24, 2.45) is 5.92 Å². The van der Waals surface area contributed by atoms with Crippen LogP contribution in [0.3, 0.4) is 0 Å². The van der Waals surface area contributed by atoms with Crippen LogP contribution in [0.5, 0.6) is 0 Å². The molecule has 0 radical (unpaired) electrons. The molecule has 0 N–H and O–H groups in total. The van der Waals surface area contributed by atoms with E-state index in [0.29, 0.717) is 12.5 Å². The summed E-state index contributed by atoms with van der Waals surface area (Å²) in [6.45, 7) is 3.50. The molecule has 2 aliphatic rings. The molecule has 0 spiro atoms. The number of hydrogen-bond acceptors (Lipinski definition) is 2. The summed E-state index contributed by atoms with van der Waals surface area (Å²) < 4.78 is 5.67. The zero-order valence-corrected chi connectivity index (χ0v) is 13.5. The van der Waals surface area contributed by atoms with Crippen LogP contribution in [0, 0.1) is 5.92 Å². The van der Waals surface area contributed by atoms with Gasteiger partial charge in [-0.25, -0.2) is 0 Å². The standard InChI is InChI=1S/C15H26BrNO2/c1-12-11-19-14(9-16)10-17(12)15(18)8-7-13-5-3-2-4-6-13/h12-14H,2-11H2,1H3. The van der Waals surface area contributed by atoms with Gasteiger partial charge in [-0.15, -0.1) is 0 Å². The second-order valence-corrected chi connectivity index (χ2v) is 6.69. The molecular formula is C15H26BrNO2. The van der Waals surface area contributed by atoms with E-state index in [4.69, 9.17) is 4.74 Å². The Kier molecular flexibility index (Phi) is 6.14. The number of carbonyl (C=O) groups is 1. The predicted molar refractivity (Wildman–Crippen MR) is 80.5 cm³/mol. The largest absolute Gasteiger partial charge is 0.373 e. The Morgan fingerprint density at radius 3 is 2.74 bits per heavy atom. The Morgan fingerprint density at radius 1 is 1.32 bits per heavy atom. The molecule has 0 bridgehead atoms. The van der Waals surface area contributed by atoms with Crippen molar-refractivity contribution < 1.29 is 9.53 Å². The minimum atomic E-state index is 0.162. The summed E-state index contributed by atoms with van der Waals surface area (Å²) in [6.07, 6.45) is 8.74. The van der Waals surface area contributed by atoms with Gasteiger partial charge in [0.25, 0.3) is 0 Å². The van der Waals surface area contributed by atoms with Crippen molar-refractivity contribution in [3.8, 4) is 0 Å². The molecule has 1 saturated carbocycles. The maximum Gasteiger partial charge on any atom is 0.222 e. The molecule has 1 heterocycles. The zero-order chi connectivity index (χ0) is 13.7. The van der Waals surface area contributed by atoms with Gasteiger partial charge in [-0.1, -0.05) is 48.0 Å². The fourth-order valence-corrected chi connectivity index (χ4v) is 3.60. The van der Waals surface area contributed by atoms with Crippen LogP contribution in [0.2, 0.25) is 0 Å². The fourth-order valence-electron chi connectivity index (χ4n) is 3.21. The molecule has 2 fully saturated rings. The highest BCUT2D eigenvalue weighted by Gasteiger charge is 2.29. The molecule has 2 unspecified atom stereocenters. The SMILES string of the molecule is CC1COC(CBr)CN1C(=O)CCC1CCCCC1. The third-order valence-electron chi connectivity index (χ3n) is 4.49. The fraction of sp³-hybridized carbons (Fsp3) is 0.933. The number of nitrogens with zero attached hydrogens (tertiary/aromatic N) is 1. The second-order valence-electron chi connectivity index (χ2n) is 6.05. The van der Waals surface area contributed by atoms with Gasteiger partial charge in [0.15, 0.2) is 0 Å². The smallest absolute Gasteiger partial charge is 0.222 e. The van der Waals surface area contributed by atoms with E-state index in [1.807, 2.05) is 4.90 Å². The average molecular weight is 332 g/mol. The van der Waals surface area contributed by atoms with E-state index in [1.165, 1.54) is 32.1 Å². The van der Waals surface area contributed by atoms with Gasteiger partial charge in [0, 0.05) is 18.3 Å². The summed E-state index contributed by atoms with van der Waals surface area (Å²) in [5.41, 5.74) is 0. The zero-order valence-electron chi connectivity index (χ0n) is 11.9. The van der Waals surface area contributed by atoms with Crippen molar-refractivity contribution in [2.75, 3.05) is 18.5 Å². The Bertz CT molecular complexity index is 292. The van der Waals surface area contributed by atoms with E-state index in [9.17, 15) is 4.79 Å². The highest BCUT2D eigenvalue weighted by atomic mass is 79.9. The average Bonchev–Trinajstić information content (AvgIpc) is 2.46. The quantitative estimate of drug-likeness (QED) is 0.739. The second kappa shape index (κ2) is 7.63. The lowest BCUT2D eigenvalue weighted by molar-refractivity contribution is -0.143. The summed E-state index contributed by atoms with van der Waals surface area (Å²) in [4.78, 5) is 14.4. The van der Waals surface area contributed by atoms with E-state index in [-0.39, 0.29) is 12.1 Å². The first-order valence-electron chi connectivity index (χ1n) is 7.67. The molecule has 110 valence electrons. The molecule has 4 heteroatoms. The molecule has 0 aromatic rings. The first kappa shape index (κ1) is 15.3. The van der Waals surface area contributed by atoms with E-state index >= 15 is 0 Å². The van der Waals surface area contributed by atoms with E-state index in [0.717, 1.165) is 30.6 Å².